The van der Waals surface area contributed by atoms with Gasteiger partial charge < -0.3 is 4.74 Å². The van der Waals surface area contributed by atoms with Crippen molar-refractivity contribution >= 4 is 0 Å². The molecule has 1 unspecified atom stereocenters. The molecule has 1 heterocycles. The average Bonchev–Trinajstić information content (AvgIpc) is 2.30. The highest BCUT2D eigenvalue weighted by atomic mass is 19.1. The Balaban J connectivity index is 2.04. The summed E-state index contributed by atoms with van der Waals surface area (Å²) in [4.78, 5) is 0. The number of halogens is 1. The van der Waals surface area contributed by atoms with E-state index < -0.39 is 0 Å². The van der Waals surface area contributed by atoms with Crippen molar-refractivity contribution in [3.63, 3.8) is 0 Å². The van der Waals surface area contributed by atoms with E-state index in [1.54, 1.807) is 12.1 Å². The van der Waals surface area contributed by atoms with E-state index in [0.29, 0.717) is 0 Å². The van der Waals surface area contributed by atoms with E-state index >= 15 is 0 Å². The predicted molar refractivity (Wildman–Crippen MR) is 62.5 cm³/mol. The zero-order valence-corrected chi connectivity index (χ0v) is 9.58. The molecule has 0 aromatic heterocycles. The van der Waals surface area contributed by atoms with E-state index in [2.05, 4.69) is 6.92 Å². The SMILES string of the molecule is CCCC1=COC(c2cccc(F)c2)CC1. The van der Waals surface area contributed by atoms with Crippen molar-refractivity contribution in [2.45, 2.75) is 38.7 Å². The molecule has 1 nitrogen and oxygen atoms in total. The van der Waals surface area contributed by atoms with Gasteiger partial charge in [0.2, 0.25) is 0 Å². The van der Waals surface area contributed by atoms with Crippen LogP contribution in [-0.4, -0.2) is 0 Å². The van der Waals surface area contributed by atoms with Gasteiger partial charge in [0.15, 0.2) is 0 Å². The van der Waals surface area contributed by atoms with Crippen LogP contribution in [0.1, 0.15) is 44.3 Å². The molecular weight excluding hydrogens is 203 g/mol. The lowest BCUT2D eigenvalue weighted by Gasteiger charge is -2.23. The molecule has 0 N–H and O–H groups in total. The zero-order valence-electron chi connectivity index (χ0n) is 9.58. The molecule has 1 aromatic carbocycles. The van der Waals surface area contributed by atoms with Gasteiger partial charge in [-0.15, -0.1) is 0 Å². The summed E-state index contributed by atoms with van der Waals surface area (Å²) in [7, 11) is 0. The maximum absolute atomic E-state index is 13.0. The summed E-state index contributed by atoms with van der Waals surface area (Å²) in [6, 6.07) is 6.68. The highest BCUT2D eigenvalue weighted by molar-refractivity contribution is 5.20. The minimum atomic E-state index is -0.190. The summed E-state index contributed by atoms with van der Waals surface area (Å²) in [5, 5.41) is 0. The fraction of sp³-hybridized carbons (Fsp3) is 0.429. The quantitative estimate of drug-likeness (QED) is 0.735. The molecule has 1 aliphatic heterocycles. The smallest absolute Gasteiger partial charge is 0.123 e. The first-order valence-electron chi connectivity index (χ1n) is 5.88. The van der Waals surface area contributed by atoms with E-state index in [1.807, 2.05) is 12.3 Å². The summed E-state index contributed by atoms with van der Waals surface area (Å²) in [6.07, 6.45) is 6.17. The lowest BCUT2D eigenvalue weighted by molar-refractivity contribution is 0.119. The number of hydrogen-bond acceptors (Lipinski definition) is 1. The van der Waals surface area contributed by atoms with Crippen LogP contribution in [0.5, 0.6) is 0 Å². The van der Waals surface area contributed by atoms with Gasteiger partial charge >= 0.3 is 0 Å². The van der Waals surface area contributed by atoms with Gasteiger partial charge in [-0.2, -0.15) is 0 Å². The zero-order chi connectivity index (χ0) is 11.4. The highest BCUT2D eigenvalue weighted by Crippen LogP contribution is 2.31. The Bertz CT molecular complexity index is 384. The average molecular weight is 220 g/mol. The van der Waals surface area contributed by atoms with Crippen LogP contribution in [0.15, 0.2) is 36.1 Å². The van der Waals surface area contributed by atoms with E-state index in [1.165, 1.54) is 11.6 Å². The lowest BCUT2D eigenvalue weighted by Crippen LogP contribution is -2.07. The number of hydrogen-bond donors (Lipinski definition) is 0. The summed E-state index contributed by atoms with van der Waals surface area (Å²) in [6.45, 7) is 2.17. The third-order valence-electron chi connectivity index (χ3n) is 2.92. The molecule has 0 amide bonds. The van der Waals surface area contributed by atoms with Gasteiger partial charge in [-0.05, 0) is 42.5 Å². The van der Waals surface area contributed by atoms with Gasteiger partial charge in [-0.25, -0.2) is 4.39 Å². The van der Waals surface area contributed by atoms with Crippen molar-refractivity contribution in [3.05, 3.63) is 47.5 Å². The first-order chi connectivity index (χ1) is 7.79. The Morgan fingerprint density at radius 2 is 2.31 bits per heavy atom. The predicted octanol–water partition coefficient (Wildman–Crippen LogP) is 4.36. The van der Waals surface area contributed by atoms with Gasteiger partial charge in [-0.1, -0.05) is 25.5 Å². The van der Waals surface area contributed by atoms with Crippen LogP contribution in [0.2, 0.25) is 0 Å². The molecule has 86 valence electrons. The minimum Gasteiger partial charge on any atom is -0.493 e. The summed E-state index contributed by atoms with van der Waals surface area (Å²) < 4.78 is 18.7. The second-order valence-corrected chi connectivity index (χ2v) is 4.24. The van der Waals surface area contributed by atoms with E-state index in [0.717, 1.165) is 31.2 Å². The van der Waals surface area contributed by atoms with Crippen molar-refractivity contribution < 1.29 is 9.13 Å². The van der Waals surface area contributed by atoms with Gasteiger partial charge in [0.25, 0.3) is 0 Å². The maximum atomic E-state index is 13.0. The molecule has 0 fully saturated rings. The standard InChI is InChI=1S/C14H17FO/c1-2-4-11-7-8-14(16-10-11)12-5-3-6-13(15)9-12/h3,5-6,9-10,14H,2,4,7-8H2,1H3. The lowest BCUT2D eigenvalue weighted by atomic mass is 9.97. The Morgan fingerprint density at radius 1 is 1.44 bits per heavy atom. The molecule has 16 heavy (non-hydrogen) atoms. The molecule has 0 spiro atoms. The minimum absolute atomic E-state index is 0.0244. The van der Waals surface area contributed by atoms with Gasteiger partial charge in [0.1, 0.15) is 11.9 Å². The van der Waals surface area contributed by atoms with Crippen LogP contribution in [0.25, 0.3) is 0 Å². The molecule has 0 aliphatic carbocycles. The van der Waals surface area contributed by atoms with E-state index in [-0.39, 0.29) is 11.9 Å². The van der Waals surface area contributed by atoms with Crippen molar-refractivity contribution in [2.75, 3.05) is 0 Å². The number of rotatable bonds is 3. The van der Waals surface area contributed by atoms with Crippen molar-refractivity contribution in [1.29, 1.82) is 0 Å². The third kappa shape index (κ3) is 2.63. The maximum Gasteiger partial charge on any atom is 0.123 e. The highest BCUT2D eigenvalue weighted by Gasteiger charge is 2.17. The van der Waals surface area contributed by atoms with Gasteiger partial charge in [-0.3, -0.25) is 0 Å². The molecule has 0 saturated heterocycles. The Hall–Kier alpha value is -1.31. The first-order valence-corrected chi connectivity index (χ1v) is 5.88. The van der Waals surface area contributed by atoms with Gasteiger partial charge in [0.05, 0.1) is 6.26 Å². The van der Waals surface area contributed by atoms with Crippen molar-refractivity contribution in [3.8, 4) is 0 Å². The Morgan fingerprint density at radius 3 is 2.94 bits per heavy atom. The number of allylic oxidation sites excluding steroid dienone is 1. The fourth-order valence-electron chi connectivity index (χ4n) is 2.08. The second-order valence-electron chi connectivity index (χ2n) is 4.24. The first kappa shape index (κ1) is 11.2. The largest absolute Gasteiger partial charge is 0.493 e. The van der Waals surface area contributed by atoms with Crippen molar-refractivity contribution in [1.82, 2.24) is 0 Å². The van der Waals surface area contributed by atoms with Crippen molar-refractivity contribution in [2.24, 2.45) is 0 Å². The van der Waals surface area contributed by atoms with E-state index in [4.69, 9.17) is 4.74 Å². The molecule has 0 bridgehead atoms. The van der Waals surface area contributed by atoms with Crippen LogP contribution in [-0.2, 0) is 4.74 Å². The Labute approximate surface area is 95.9 Å². The number of benzene rings is 1. The number of ether oxygens (including phenoxy) is 1. The van der Waals surface area contributed by atoms with Crippen LogP contribution in [0.4, 0.5) is 4.39 Å². The molecule has 0 saturated carbocycles. The topological polar surface area (TPSA) is 9.23 Å². The van der Waals surface area contributed by atoms with E-state index in [9.17, 15) is 4.39 Å². The van der Waals surface area contributed by atoms with Crippen LogP contribution in [0.3, 0.4) is 0 Å². The molecular formula is C14H17FO. The fourth-order valence-corrected chi connectivity index (χ4v) is 2.08. The Kier molecular flexibility index (Phi) is 3.60. The summed E-state index contributed by atoms with van der Waals surface area (Å²) in [5.74, 6) is -0.190. The monoisotopic (exact) mass is 220 g/mol. The molecule has 0 radical (unpaired) electrons. The molecule has 2 rings (SSSR count). The van der Waals surface area contributed by atoms with Crippen LogP contribution >= 0.6 is 0 Å². The summed E-state index contributed by atoms with van der Waals surface area (Å²) in [5.41, 5.74) is 2.31. The van der Waals surface area contributed by atoms with Gasteiger partial charge in [0, 0.05) is 0 Å². The molecule has 1 aromatic rings. The van der Waals surface area contributed by atoms with Crippen LogP contribution in [0, 0.1) is 5.82 Å². The van der Waals surface area contributed by atoms with Crippen LogP contribution < -0.4 is 0 Å². The molecule has 2 heteroatoms. The second kappa shape index (κ2) is 5.15. The third-order valence-corrected chi connectivity index (χ3v) is 2.92. The normalized spacial score (nSPS) is 20.1. The molecule has 1 aliphatic rings. The summed E-state index contributed by atoms with van der Waals surface area (Å²) >= 11 is 0. The molecule has 1 atom stereocenters.